The van der Waals surface area contributed by atoms with E-state index in [1.165, 1.54) is 6.20 Å². The SMILES string of the molecule is O=C(Cn1nncc1C(=O)O)Nc1ccccn1. The first-order valence-corrected chi connectivity index (χ1v) is 4.99. The van der Waals surface area contributed by atoms with Gasteiger partial charge in [-0.2, -0.15) is 0 Å². The molecule has 2 heterocycles. The number of carboxylic acid groups (broad SMARTS) is 1. The molecule has 8 heteroatoms. The third-order valence-electron chi connectivity index (χ3n) is 2.06. The molecule has 0 atom stereocenters. The number of nitrogens with zero attached hydrogens (tertiary/aromatic N) is 4. The van der Waals surface area contributed by atoms with E-state index < -0.39 is 11.9 Å². The first kappa shape index (κ1) is 11.7. The summed E-state index contributed by atoms with van der Waals surface area (Å²) >= 11 is 0. The average molecular weight is 247 g/mol. The molecule has 0 radical (unpaired) electrons. The Hall–Kier alpha value is -2.77. The fourth-order valence-electron chi connectivity index (χ4n) is 1.30. The van der Waals surface area contributed by atoms with E-state index in [1.807, 2.05) is 0 Å². The molecule has 0 aromatic carbocycles. The second kappa shape index (κ2) is 5.04. The Morgan fingerprint density at radius 1 is 1.39 bits per heavy atom. The van der Waals surface area contributed by atoms with Crippen molar-refractivity contribution in [1.29, 1.82) is 0 Å². The Morgan fingerprint density at radius 2 is 2.22 bits per heavy atom. The van der Waals surface area contributed by atoms with Crippen molar-refractivity contribution in [2.45, 2.75) is 6.54 Å². The summed E-state index contributed by atoms with van der Waals surface area (Å²) in [5.41, 5.74) is -0.147. The lowest BCUT2D eigenvalue weighted by Gasteiger charge is -2.04. The molecule has 0 fully saturated rings. The van der Waals surface area contributed by atoms with Crippen LogP contribution in [-0.2, 0) is 11.3 Å². The van der Waals surface area contributed by atoms with Crippen molar-refractivity contribution in [3.05, 3.63) is 36.3 Å². The summed E-state index contributed by atoms with van der Waals surface area (Å²) < 4.78 is 1.00. The van der Waals surface area contributed by atoms with Crippen molar-refractivity contribution in [3.8, 4) is 0 Å². The molecule has 1 amide bonds. The molecule has 0 aliphatic heterocycles. The quantitative estimate of drug-likeness (QED) is 0.787. The molecule has 92 valence electrons. The summed E-state index contributed by atoms with van der Waals surface area (Å²) in [6.45, 7) is -0.238. The van der Waals surface area contributed by atoms with E-state index >= 15 is 0 Å². The van der Waals surface area contributed by atoms with E-state index in [-0.39, 0.29) is 12.2 Å². The minimum Gasteiger partial charge on any atom is -0.476 e. The van der Waals surface area contributed by atoms with Gasteiger partial charge in [-0.3, -0.25) is 4.79 Å². The average Bonchev–Trinajstić information content (AvgIpc) is 2.78. The molecule has 2 rings (SSSR count). The van der Waals surface area contributed by atoms with E-state index in [2.05, 4.69) is 20.6 Å². The van der Waals surface area contributed by atoms with Crippen molar-refractivity contribution < 1.29 is 14.7 Å². The lowest BCUT2D eigenvalue weighted by molar-refractivity contribution is -0.117. The van der Waals surface area contributed by atoms with Gasteiger partial charge in [-0.1, -0.05) is 11.3 Å². The summed E-state index contributed by atoms with van der Waals surface area (Å²) in [6, 6.07) is 5.06. The summed E-state index contributed by atoms with van der Waals surface area (Å²) in [7, 11) is 0. The van der Waals surface area contributed by atoms with Gasteiger partial charge < -0.3 is 10.4 Å². The number of aromatic carboxylic acids is 1. The summed E-state index contributed by atoms with van der Waals surface area (Å²) in [5, 5.41) is 18.3. The van der Waals surface area contributed by atoms with Gasteiger partial charge in [0.05, 0.1) is 6.20 Å². The maximum atomic E-state index is 11.6. The van der Waals surface area contributed by atoms with Crippen molar-refractivity contribution in [1.82, 2.24) is 20.0 Å². The maximum Gasteiger partial charge on any atom is 0.355 e. The van der Waals surface area contributed by atoms with Crippen LogP contribution in [0.3, 0.4) is 0 Å². The normalized spacial score (nSPS) is 10.0. The number of nitrogens with one attached hydrogen (secondary N) is 1. The Balaban J connectivity index is 2.04. The molecule has 0 saturated heterocycles. The first-order valence-electron chi connectivity index (χ1n) is 4.99. The van der Waals surface area contributed by atoms with Crippen molar-refractivity contribution in [2.75, 3.05) is 5.32 Å². The van der Waals surface area contributed by atoms with Crippen LogP contribution in [0.4, 0.5) is 5.82 Å². The van der Waals surface area contributed by atoms with Crippen LogP contribution in [0.25, 0.3) is 0 Å². The molecule has 2 aromatic rings. The van der Waals surface area contributed by atoms with Crippen LogP contribution in [-0.4, -0.2) is 37.0 Å². The van der Waals surface area contributed by atoms with Crippen LogP contribution in [0.5, 0.6) is 0 Å². The third-order valence-corrected chi connectivity index (χ3v) is 2.06. The van der Waals surface area contributed by atoms with Gasteiger partial charge in [-0.25, -0.2) is 14.5 Å². The number of carbonyl (C=O) groups is 2. The van der Waals surface area contributed by atoms with Crippen molar-refractivity contribution in [3.63, 3.8) is 0 Å². The van der Waals surface area contributed by atoms with E-state index in [0.29, 0.717) is 5.82 Å². The number of aromatic nitrogens is 4. The summed E-state index contributed by atoms with van der Waals surface area (Å²) in [4.78, 5) is 26.3. The van der Waals surface area contributed by atoms with E-state index in [9.17, 15) is 9.59 Å². The highest BCUT2D eigenvalue weighted by Crippen LogP contribution is 2.01. The number of rotatable bonds is 4. The van der Waals surface area contributed by atoms with Crippen LogP contribution in [0.1, 0.15) is 10.5 Å². The van der Waals surface area contributed by atoms with Crippen molar-refractivity contribution in [2.24, 2.45) is 0 Å². The van der Waals surface area contributed by atoms with E-state index in [1.54, 1.807) is 18.2 Å². The summed E-state index contributed by atoms with van der Waals surface area (Å²) in [6.07, 6.45) is 2.62. The fraction of sp³-hybridized carbons (Fsp3) is 0.100. The molecule has 18 heavy (non-hydrogen) atoms. The second-order valence-electron chi connectivity index (χ2n) is 3.35. The third kappa shape index (κ3) is 2.67. The van der Waals surface area contributed by atoms with Crippen LogP contribution in [0.15, 0.2) is 30.6 Å². The standard InChI is InChI=1S/C10H9N5O3/c16-9(13-8-3-1-2-4-11-8)6-15-7(10(17)18)5-12-14-15/h1-5H,6H2,(H,17,18)(H,11,13,16). The molecular weight excluding hydrogens is 238 g/mol. The molecule has 0 spiro atoms. The Morgan fingerprint density at radius 3 is 2.89 bits per heavy atom. The van der Waals surface area contributed by atoms with Gasteiger partial charge in [0.15, 0.2) is 5.69 Å². The highest BCUT2D eigenvalue weighted by Gasteiger charge is 2.14. The lowest BCUT2D eigenvalue weighted by atomic mass is 10.4. The topological polar surface area (TPSA) is 110 Å². The largest absolute Gasteiger partial charge is 0.476 e. The minimum absolute atomic E-state index is 0.147. The smallest absolute Gasteiger partial charge is 0.355 e. The van der Waals surface area contributed by atoms with Gasteiger partial charge in [-0.15, -0.1) is 5.10 Å². The highest BCUT2D eigenvalue weighted by atomic mass is 16.4. The fourth-order valence-corrected chi connectivity index (χ4v) is 1.30. The monoisotopic (exact) mass is 247 g/mol. The number of pyridine rings is 1. The van der Waals surface area contributed by atoms with Gasteiger partial charge in [0.1, 0.15) is 12.4 Å². The van der Waals surface area contributed by atoms with Crippen LogP contribution in [0.2, 0.25) is 0 Å². The maximum absolute atomic E-state index is 11.6. The van der Waals surface area contributed by atoms with Crippen LogP contribution in [0, 0.1) is 0 Å². The van der Waals surface area contributed by atoms with Gasteiger partial charge in [-0.05, 0) is 12.1 Å². The first-order chi connectivity index (χ1) is 8.66. The minimum atomic E-state index is -1.19. The number of anilines is 1. The second-order valence-corrected chi connectivity index (χ2v) is 3.35. The molecule has 0 aliphatic carbocycles. The Labute approximate surface area is 101 Å². The number of hydrogen-bond acceptors (Lipinski definition) is 5. The van der Waals surface area contributed by atoms with E-state index in [0.717, 1.165) is 10.9 Å². The molecule has 2 N–H and O–H groups in total. The molecule has 0 aliphatic rings. The van der Waals surface area contributed by atoms with E-state index in [4.69, 9.17) is 5.11 Å². The van der Waals surface area contributed by atoms with Crippen molar-refractivity contribution >= 4 is 17.7 Å². The molecule has 0 saturated carbocycles. The number of carboxylic acids is 1. The van der Waals surface area contributed by atoms with Gasteiger partial charge in [0, 0.05) is 6.20 Å². The number of carbonyl (C=O) groups excluding carboxylic acids is 1. The van der Waals surface area contributed by atoms with Gasteiger partial charge in [0.25, 0.3) is 0 Å². The molecule has 2 aromatic heterocycles. The summed E-state index contributed by atoms with van der Waals surface area (Å²) in [5.74, 6) is -1.23. The molecular formula is C10H9N5O3. The molecule has 0 bridgehead atoms. The Kier molecular flexibility index (Phi) is 3.28. The number of hydrogen-bond donors (Lipinski definition) is 2. The van der Waals surface area contributed by atoms with Crippen LogP contribution >= 0.6 is 0 Å². The predicted octanol–water partition coefficient (Wildman–Crippen LogP) is 0.01000. The van der Waals surface area contributed by atoms with Gasteiger partial charge in [0.2, 0.25) is 5.91 Å². The Bertz CT molecular complexity index is 566. The predicted molar refractivity (Wildman–Crippen MR) is 59.8 cm³/mol. The zero-order valence-corrected chi connectivity index (χ0v) is 9.15. The number of amides is 1. The van der Waals surface area contributed by atoms with Gasteiger partial charge >= 0.3 is 5.97 Å². The molecule has 0 unspecified atom stereocenters. The lowest BCUT2D eigenvalue weighted by Crippen LogP contribution is -2.22. The molecule has 8 nitrogen and oxygen atoms in total. The zero-order valence-electron chi connectivity index (χ0n) is 9.15. The highest BCUT2D eigenvalue weighted by molar-refractivity contribution is 5.91. The zero-order chi connectivity index (χ0) is 13.0. The van der Waals surface area contributed by atoms with Crippen LogP contribution < -0.4 is 5.32 Å².